The summed E-state index contributed by atoms with van der Waals surface area (Å²) in [5, 5.41) is 9.15. The lowest BCUT2D eigenvalue weighted by atomic mass is 10.1. The first-order chi connectivity index (χ1) is 10.2. The second-order valence-corrected chi connectivity index (χ2v) is 4.50. The Morgan fingerprint density at radius 1 is 1.19 bits per heavy atom. The van der Waals surface area contributed by atoms with Crippen molar-refractivity contribution in [2.24, 2.45) is 0 Å². The molecule has 0 fully saturated rings. The predicted octanol–water partition coefficient (Wildman–Crippen LogP) is 2.61. The molecule has 108 valence electrons. The molecule has 0 saturated carbocycles. The number of pyridine rings is 1. The number of anilines is 1. The average Bonchev–Trinajstić information content (AvgIpc) is 2.54. The van der Waals surface area contributed by atoms with E-state index in [2.05, 4.69) is 11.1 Å². The number of para-hydroxylation sites is 1. The van der Waals surface area contributed by atoms with Gasteiger partial charge >= 0.3 is 0 Å². The summed E-state index contributed by atoms with van der Waals surface area (Å²) in [6, 6.07) is 11.4. The number of rotatable bonds is 5. The van der Waals surface area contributed by atoms with Gasteiger partial charge in [-0.15, -0.1) is 0 Å². The summed E-state index contributed by atoms with van der Waals surface area (Å²) in [7, 11) is 5.11. The highest BCUT2D eigenvalue weighted by Crippen LogP contribution is 2.32. The van der Waals surface area contributed by atoms with E-state index in [1.807, 2.05) is 30.1 Å². The molecule has 2 aromatic rings. The first-order valence-corrected chi connectivity index (χ1v) is 6.47. The van der Waals surface area contributed by atoms with E-state index in [0.29, 0.717) is 29.4 Å². The van der Waals surface area contributed by atoms with Gasteiger partial charge in [-0.25, -0.2) is 4.98 Å². The second-order valence-electron chi connectivity index (χ2n) is 4.50. The Bertz CT molecular complexity index is 665. The van der Waals surface area contributed by atoms with E-state index >= 15 is 0 Å². The van der Waals surface area contributed by atoms with Crippen molar-refractivity contribution < 1.29 is 9.47 Å². The van der Waals surface area contributed by atoms with Crippen molar-refractivity contribution in [3.8, 4) is 17.6 Å². The largest absolute Gasteiger partial charge is 0.493 e. The Morgan fingerprint density at radius 3 is 2.67 bits per heavy atom. The number of hydrogen-bond donors (Lipinski definition) is 0. The number of nitrogens with zero attached hydrogens (tertiary/aromatic N) is 3. The van der Waals surface area contributed by atoms with Gasteiger partial charge in [-0.1, -0.05) is 12.1 Å². The van der Waals surface area contributed by atoms with Crippen molar-refractivity contribution in [3.05, 3.63) is 47.7 Å². The molecule has 0 unspecified atom stereocenters. The Labute approximate surface area is 124 Å². The van der Waals surface area contributed by atoms with Crippen LogP contribution < -0.4 is 14.4 Å². The van der Waals surface area contributed by atoms with Gasteiger partial charge in [0.2, 0.25) is 0 Å². The molecule has 1 aromatic carbocycles. The van der Waals surface area contributed by atoms with Crippen LogP contribution in [-0.4, -0.2) is 26.3 Å². The van der Waals surface area contributed by atoms with E-state index in [1.165, 1.54) is 0 Å². The summed E-state index contributed by atoms with van der Waals surface area (Å²) in [5.74, 6) is 2.02. The molecule has 0 aliphatic rings. The molecule has 1 heterocycles. The fourth-order valence-corrected chi connectivity index (χ4v) is 2.20. The number of methoxy groups -OCH3 is 2. The highest BCUT2D eigenvalue weighted by molar-refractivity contribution is 5.55. The van der Waals surface area contributed by atoms with Crippen molar-refractivity contribution in [1.82, 2.24) is 4.98 Å². The van der Waals surface area contributed by atoms with Crippen LogP contribution in [-0.2, 0) is 6.54 Å². The maximum atomic E-state index is 9.15. The molecule has 0 radical (unpaired) electrons. The highest BCUT2D eigenvalue weighted by atomic mass is 16.5. The zero-order valence-corrected chi connectivity index (χ0v) is 12.3. The van der Waals surface area contributed by atoms with Crippen molar-refractivity contribution in [2.75, 3.05) is 26.2 Å². The predicted molar refractivity (Wildman–Crippen MR) is 80.6 cm³/mol. The molecule has 0 aliphatic heterocycles. The van der Waals surface area contributed by atoms with Gasteiger partial charge in [0.1, 0.15) is 11.9 Å². The number of benzene rings is 1. The number of hydrogen-bond acceptors (Lipinski definition) is 5. The first kappa shape index (κ1) is 14.7. The normalized spacial score (nSPS) is 9.81. The third kappa shape index (κ3) is 3.06. The molecule has 0 saturated heterocycles. The topological polar surface area (TPSA) is 58.4 Å². The molecule has 5 nitrogen and oxygen atoms in total. The summed E-state index contributed by atoms with van der Waals surface area (Å²) >= 11 is 0. The first-order valence-electron chi connectivity index (χ1n) is 6.47. The van der Waals surface area contributed by atoms with Crippen molar-refractivity contribution in [1.29, 1.82) is 5.26 Å². The Balaban J connectivity index is 2.32. The molecule has 0 spiro atoms. The summed E-state index contributed by atoms with van der Waals surface area (Å²) < 4.78 is 10.7. The van der Waals surface area contributed by atoms with Crippen molar-refractivity contribution in [3.63, 3.8) is 0 Å². The van der Waals surface area contributed by atoms with E-state index in [9.17, 15) is 0 Å². The highest BCUT2D eigenvalue weighted by Gasteiger charge is 2.14. The zero-order chi connectivity index (χ0) is 15.2. The third-order valence-corrected chi connectivity index (χ3v) is 3.16. The standard InChI is InChI=1S/C16H17N3O2/c1-19(16-12(10-17)7-5-9-18-16)11-13-6-4-8-14(20-2)15(13)21-3/h4-9H,11H2,1-3H3. The minimum absolute atomic E-state index is 0.543. The smallest absolute Gasteiger partial charge is 0.165 e. The lowest BCUT2D eigenvalue weighted by molar-refractivity contribution is 0.351. The minimum atomic E-state index is 0.543. The van der Waals surface area contributed by atoms with Crippen LogP contribution in [0.15, 0.2) is 36.5 Å². The zero-order valence-electron chi connectivity index (χ0n) is 12.3. The molecule has 0 amide bonds. The van der Waals surface area contributed by atoms with Crippen LogP contribution in [0.25, 0.3) is 0 Å². The SMILES string of the molecule is COc1cccc(CN(C)c2ncccc2C#N)c1OC. The van der Waals surface area contributed by atoms with Gasteiger partial charge in [0.25, 0.3) is 0 Å². The maximum absolute atomic E-state index is 9.15. The minimum Gasteiger partial charge on any atom is -0.493 e. The van der Waals surface area contributed by atoms with Gasteiger partial charge in [0.15, 0.2) is 11.5 Å². The van der Waals surface area contributed by atoms with E-state index < -0.39 is 0 Å². The van der Waals surface area contributed by atoms with Crippen LogP contribution in [0, 0.1) is 11.3 Å². The summed E-state index contributed by atoms with van der Waals surface area (Å²) in [6.07, 6.45) is 1.68. The lowest BCUT2D eigenvalue weighted by Gasteiger charge is -2.21. The Hall–Kier alpha value is -2.74. The fourth-order valence-electron chi connectivity index (χ4n) is 2.20. The summed E-state index contributed by atoms with van der Waals surface area (Å²) in [4.78, 5) is 6.19. The van der Waals surface area contributed by atoms with Crippen LogP contribution in [0.1, 0.15) is 11.1 Å². The van der Waals surface area contributed by atoms with Crippen LogP contribution in [0.4, 0.5) is 5.82 Å². The molecule has 2 rings (SSSR count). The van der Waals surface area contributed by atoms with E-state index in [4.69, 9.17) is 14.7 Å². The summed E-state index contributed by atoms with van der Waals surface area (Å²) in [6.45, 7) is 0.562. The van der Waals surface area contributed by atoms with Gasteiger partial charge in [-0.2, -0.15) is 5.26 Å². The molecule has 0 N–H and O–H groups in total. The Morgan fingerprint density at radius 2 is 2.00 bits per heavy atom. The molecular formula is C16H17N3O2. The van der Waals surface area contributed by atoms with Crippen molar-refractivity contribution >= 4 is 5.82 Å². The molecule has 0 atom stereocenters. The number of aromatic nitrogens is 1. The van der Waals surface area contributed by atoms with Gasteiger partial charge in [0.05, 0.1) is 19.8 Å². The van der Waals surface area contributed by atoms with Crippen LogP contribution in [0.2, 0.25) is 0 Å². The second kappa shape index (κ2) is 6.62. The molecular weight excluding hydrogens is 266 g/mol. The van der Waals surface area contributed by atoms with Crippen LogP contribution >= 0.6 is 0 Å². The van der Waals surface area contributed by atoms with Gasteiger partial charge in [-0.05, 0) is 18.2 Å². The van der Waals surface area contributed by atoms with Crippen LogP contribution in [0.5, 0.6) is 11.5 Å². The quantitative estimate of drug-likeness (QED) is 0.844. The molecule has 0 aliphatic carbocycles. The van der Waals surface area contributed by atoms with Crippen molar-refractivity contribution in [2.45, 2.75) is 6.54 Å². The van der Waals surface area contributed by atoms with Crippen LogP contribution in [0.3, 0.4) is 0 Å². The van der Waals surface area contributed by atoms with E-state index in [1.54, 1.807) is 32.5 Å². The number of ether oxygens (including phenoxy) is 2. The van der Waals surface area contributed by atoms with Gasteiger partial charge in [-0.3, -0.25) is 0 Å². The van der Waals surface area contributed by atoms with E-state index in [0.717, 1.165) is 5.56 Å². The molecule has 0 bridgehead atoms. The maximum Gasteiger partial charge on any atom is 0.165 e. The third-order valence-electron chi connectivity index (χ3n) is 3.16. The lowest BCUT2D eigenvalue weighted by Crippen LogP contribution is -2.19. The van der Waals surface area contributed by atoms with E-state index in [-0.39, 0.29) is 0 Å². The fraction of sp³-hybridized carbons (Fsp3) is 0.250. The Kier molecular flexibility index (Phi) is 4.62. The van der Waals surface area contributed by atoms with Gasteiger partial charge in [0, 0.05) is 25.4 Å². The molecule has 1 aromatic heterocycles. The monoisotopic (exact) mass is 283 g/mol. The molecule has 21 heavy (non-hydrogen) atoms. The van der Waals surface area contributed by atoms with Gasteiger partial charge < -0.3 is 14.4 Å². The number of nitriles is 1. The molecule has 5 heteroatoms. The summed E-state index contributed by atoms with van der Waals surface area (Å²) in [5.41, 5.74) is 1.51. The average molecular weight is 283 g/mol.